The van der Waals surface area contributed by atoms with Crippen molar-refractivity contribution in [2.45, 2.75) is 6.42 Å². The molecule has 0 fully saturated rings. The predicted octanol–water partition coefficient (Wildman–Crippen LogP) is 2.28. The summed E-state index contributed by atoms with van der Waals surface area (Å²) in [7, 11) is 0. The number of aromatic nitrogens is 1. The van der Waals surface area contributed by atoms with Crippen molar-refractivity contribution in [1.82, 2.24) is 4.98 Å². The molecule has 3 heteroatoms. The van der Waals surface area contributed by atoms with Gasteiger partial charge < -0.3 is 10.7 Å². The molecule has 1 aromatic carbocycles. The fraction of sp³-hybridized carbons (Fsp3) is 0.0714. The molecular weight excluding hydrogens is 212 g/mol. The number of carbonyl (C=O) groups is 1. The number of rotatable bonds is 1. The van der Waals surface area contributed by atoms with E-state index in [9.17, 15) is 4.79 Å². The lowest BCUT2D eigenvalue weighted by molar-refractivity contribution is 0.100. The third-order valence-corrected chi connectivity index (χ3v) is 3.55. The summed E-state index contributed by atoms with van der Waals surface area (Å²) in [6.07, 6.45) is 2.81. The number of carbonyl (C=O) groups excluding carboxylic acids is 1. The number of nitrogens with two attached hydrogens (primary N) is 1. The maximum Gasteiger partial charge on any atom is 0.249 e. The maximum atomic E-state index is 11.5. The third kappa shape index (κ3) is 0.984. The molecule has 0 spiro atoms. The van der Waals surface area contributed by atoms with E-state index in [0.29, 0.717) is 5.56 Å². The van der Waals surface area contributed by atoms with Gasteiger partial charge in [0.1, 0.15) is 0 Å². The molecule has 0 aromatic heterocycles. The number of aromatic amines is 1. The van der Waals surface area contributed by atoms with Gasteiger partial charge in [-0.1, -0.05) is 18.2 Å². The molecule has 17 heavy (non-hydrogen) atoms. The highest BCUT2D eigenvalue weighted by atomic mass is 16.1. The van der Waals surface area contributed by atoms with Crippen LogP contribution in [0.25, 0.3) is 22.0 Å². The van der Waals surface area contributed by atoms with Crippen molar-refractivity contribution in [1.29, 1.82) is 0 Å². The normalized spacial score (nSPS) is 12.9. The first-order valence-electron chi connectivity index (χ1n) is 5.60. The van der Waals surface area contributed by atoms with E-state index in [-0.39, 0.29) is 5.91 Å². The molecule has 82 valence electrons. The second-order valence-corrected chi connectivity index (χ2v) is 4.50. The van der Waals surface area contributed by atoms with Crippen LogP contribution >= 0.6 is 0 Å². The van der Waals surface area contributed by atoms with Gasteiger partial charge in [0, 0.05) is 22.7 Å². The standard InChI is InChI=1S/C14H10N2O/c15-14(17)13-9-5-8(9)12-7-3-1-2-4-11(7)16-6-10(12)13/h1-4,6,16H,5H2,(H2,15,17). The largest absolute Gasteiger partial charge is 0.366 e. The van der Waals surface area contributed by atoms with Crippen molar-refractivity contribution in [3.05, 3.63) is 47.2 Å². The summed E-state index contributed by atoms with van der Waals surface area (Å²) < 4.78 is 0. The average Bonchev–Trinajstić information content (AvgIpc) is 3.02. The first-order chi connectivity index (χ1) is 8.27. The van der Waals surface area contributed by atoms with E-state index in [4.69, 9.17) is 5.73 Å². The highest BCUT2D eigenvalue weighted by molar-refractivity contribution is 6.12. The Bertz CT molecular complexity index is 754. The van der Waals surface area contributed by atoms with Crippen molar-refractivity contribution in [3.63, 3.8) is 0 Å². The van der Waals surface area contributed by atoms with Gasteiger partial charge >= 0.3 is 0 Å². The van der Waals surface area contributed by atoms with Crippen LogP contribution in [0.3, 0.4) is 0 Å². The van der Waals surface area contributed by atoms with Gasteiger partial charge in [-0.15, -0.1) is 0 Å². The molecule has 0 bridgehead atoms. The van der Waals surface area contributed by atoms with Gasteiger partial charge in [0.25, 0.3) is 0 Å². The van der Waals surface area contributed by atoms with Crippen LogP contribution < -0.4 is 5.73 Å². The molecule has 0 atom stereocenters. The Labute approximate surface area is 97.6 Å². The number of nitrogens with one attached hydrogen (secondary N) is 1. The van der Waals surface area contributed by atoms with Crippen molar-refractivity contribution >= 4 is 16.8 Å². The van der Waals surface area contributed by atoms with E-state index in [2.05, 4.69) is 11.1 Å². The zero-order chi connectivity index (χ0) is 11.6. The van der Waals surface area contributed by atoms with Crippen molar-refractivity contribution in [2.24, 2.45) is 5.73 Å². The average molecular weight is 222 g/mol. The molecule has 3 N–H and O–H groups in total. The topological polar surface area (TPSA) is 58.9 Å². The van der Waals surface area contributed by atoms with Crippen LogP contribution in [0.2, 0.25) is 0 Å². The van der Waals surface area contributed by atoms with E-state index in [1.807, 2.05) is 24.4 Å². The van der Waals surface area contributed by atoms with Gasteiger partial charge in [-0.05, 0) is 29.2 Å². The molecule has 3 aliphatic rings. The molecule has 1 amide bonds. The highest BCUT2D eigenvalue weighted by Gasteiger charge is 2.35. The number of primary amides is 1. The molecule has 0 radical (unpaired) electrons. The summed E-state index contributed by atoms with van der Waals surface area (Å²) in [5.74, 6) is -0.322. The van der Waals surface area contributed by atoms with E-state index in [0.717, 1.165) is 23.1 Å². The third-order valence-electron chi connectivity index (χ3n) is 3.55. The zero-order valence-electron chi connectivity index (χ0n) is 9.08. The second kappa shape index (κ2) is 2.69. The van der Waals surface area contributed by atoms with Crippen molar-refractivity contribution in [2.75, 3.05) is 0 Å². The Balaban J connectivity index is 2.20. The maximum absolute atomic E-state index is 11.5. The minimum Gasteiger partial charge on any atom is -0.366 e. The van der Waals surface area contributed by atoms with Crippen LogP contribution in [0.1, 0.15) is 21.5 Å². The fourth-order valence-corrected chi connectivity index (χ4v) is 2.77. The SMILES string of the molecule is NC(=O)c1c2c[nH]c3ccccc3c-2c2c1C2. The fourth-order valence-electron chi connectivity index (χ4n) is 2.77. The summed E-state index contributed by atoms with van der Waals surface area (Å²) in [4.78, 5) is 14.7. The smallest absolute Gasteiger partial charge is 0.249 e. The lowest BCUT2D eigenvalue weighted by Crippen LogP contribution is -2.12. The van der Waals surface area contributed by atoms with E-state index < -0.39 is 0 Å². The number of H-pyrrole nitrogens is 1. The van der Waals surface area contributed by atoms with E-state index >= 15 is 0 Å². The number of amides is 1. The van der Waals surface area contributed by atoms with Crippen LogP contribution in [0, 0.1) is 0 Å². The lowest BCUT2D eigenvalue weighted by Gasteiger charge is -2.08. The summed E-state index contributed by atoms with van der Waals surface area (Å²) in [5.41, 5.74) is 11.8. The molecule has 3 nitrogen and oxygen atoms in total. The van der Waals surface area contributed by atoms with Gasteiger partial charge in [0.05, 0.1) is 5.56 Å². The number of pyridine rings is 1. The van der Waals surface area contributed by atoms with Crippen LogP contribution in [0.4, 0.5) is 0 Å². The molecule has 4 rings (SSSR count). The van der Waals surface area contributed by atoms with Crippen LogP contribution in [-0.4, -0.2) is 10.9 Å². The summed E-state index contributed by atoms with van der Waals surface area (Å²) in [5, 5.41) is 1.17. The molecule has 1 aromatic rings. The Morgan fingerprint density at radius 2 is 2.06 bits per heavy atom. The zero-order valence-corrected chi connectivity index (χ0v) is 9.08. The number of benzene rings is 1. The van der Waals surface area contributed by atoms with E-state index in [1.165, 1.54) is 16.5 Å². The van der Waals surface area contributed by atoms with Crippen LogP contribution in [0.15, 0.2) is 30.5 Å². The monoisotopic (exact) mass is 222 g/mol. The Kier molecular flexibility index (Phi) is 1.39. The van der Waals surface area contributed by atoms with Gasteiger partial charge in [-0.2, -0.15) is 0 Å². The van der Waals surface area contributed by atoms with Gasteiger partial charge in [0.2, 0.25) is 5.91 Å². The molecule has 0 unspecified atom stereocenters. The minimum atomic E-state index is -0.322. The van der Waals surface area contributed by atoms with Crippen LogP contribution in [-0.2, 0) is 6.42 Å². The predicted molar refractivity (Wildman–Crippen MR) is 66.2 cm³/mol. The van der Waals surface area contributed by atoms with Gasteiger partial charge in [-0.25, -0.2) is 0 Å². The molecule has 0 saturated heterocycles. The first-order valence-corrected chi connectivity index (χ1v) is 5.60. The number of hydrogen-bond donors (Lipinski definition) is 2. The lowest BCUT2D eigenvalue weighted by atomic mass is 9.99. The summed E-state index contributed by atoms with van der Waals surface area (Å²) >= 11 is 0. The molecule has 0 saturated carbocycles. The quantitative estimate of drug-likeness (QED) is 0.510. The van der Waals surface area contributed by atoms with Crippen molar-refractivity contribution in [3.8, 4) is 11.1 Å². The van der Waals surface area contributed by atoms with Crippen molar-refractivity contribution < 1.29 is 4.79 Å². The number of hydrogen-bond acceptors (Lipinski definition) is 1. The minimum absolute atomic E-state index is 0.322. The van der Waals surface area contributed by atoms with Gasteiger partial charge in [0.15, 0.2) is 0 Å². The van der Waals surface area contributed by atoms with E-state index in [1.54, 1.807) is 0 Å². The summed E-state index contributed by atoms with van der Waals surface area (Å²) in [6.45, 7) is 0. The first kappa shape index (κ1) is 8.82. The van der Waals surface area contributed by atoms with Gasteiger partial charge in [-0.3, -0.25) is 4.79 Å². The molecule has 1 heterocycles. The summed E-state index contributed by atoms with van der Waals surface area (Å²) in [6, 6.07) is 8.14. The second-order valence-electron chi connectivity index (χ2n) is 4.50. The molecule has 1 aliphatic heterocycles. The van der Waals surface area contributed by atoms with Crippen LogP contribution in [0.5, 0.6) is 0 Å². The highest BCUT2D eigenvalue weighted by Crippen LogP contribution is 2.49. The Morgan fingerprint density at radius 3 is 2.88 bits per heavy atom. The molecular formula is C14H10N2O. The Morgan fingerprint density at radius 1 is 1.24 bits per heavy atom. The molecule has 2 aliphatic carbocycles. The number of para-hydroxylation sites is 1. The number of fused-ring (bicyclic) bond motifs is 5. The Hall–Kier alpha value is -2.29.